The van der Waals surface area contributed by atoms with E-state index < -0.39 is 11.8 Å². The minimum atomic E-state index is -0.501. The summed E-state index contributed by atoms with van der Waals surface area (Å²) in [5.74, 6) is 1.09. The maximum atomic E-state index is 12.3. The summed E-state index contributed by atoms with van der Waals surface area (Å²) in [6.07, 6.45) is 1.45. The van der Waals surface area contributed by atoms with Crippen LogP contribution in [0.4, 0.5) is 0 Å². The van der Waals surface area contributed by atoms with Crippen molar-refractivity contribution in [3.8, 4) is 23.0 Å². The third kappa shape index (κ3) is 7.09. The van der Waals surface area contributed by atoms with E-state index in [0.29, 0.717) is 55.2 Å². The van der Waals surface area contributed by atoms with Crippen LogP contribution in [0.2, 0.25) is 10.0 Å². The normalized spacial score (nSPS) is 11.9. The number of halogens is 3. The van der Waals surface area contributed by atoms with E-state index in [1.54, 1.807) is 48.5 Å². The molecule has 2 amide bonds. The molecule has 0 bridgehead atoms. The van der Waals surface area contributed by atoms with Crippen molar-refractivity contribution in [2.24, 2.45) is 5.10 Å². The quantitative estimate of drug-likeness (QED) is 0.233. The van der Waals surface area contributed by atoms with Gasteiger partial charge in [0.05, 0.1) is 23.8 Å². The van der Waals surface area contributed by atoms with Gasteiger partial charge in [-0.05, 0) is 70.9 Å². The highest BCUT2D eigenvalue weighted by atomic mass is 79.9. The Bertz CT molecular complexity index is 1390. The van der Waals surface area contributed by atoms with E-state index in [2.05, 4.69) is 31.8 Å². The van der Waals surface area contributed by atoms with Gasteiger partial charge in [-0.1, -0.05) is 29.3 Å². The van der Waals surface area contributed by atoms with Crippen LogP contribution in [0, 0.1) is 0 Å². The van der Waals surface area contributed by atoms with Crippen LogP contribution in [0.3, 0.4) is 0 Å². The summed E-state index contributed by atoms with van der Waals surface area (Å²) >= 11 is 15.7. The average molecular weight is 623 g/mol. The summed E-state index contributed by atoms with van der Waals surface area (Å²) in [5.41, 5.74) is 4.14. The van der Waals surface area contributed by atoms with Gasteiger partial charge >= 0.3 is 0 Å². The van der Waals surface area contributed by atoms with Crippen molar-refractivity contribution in [3.05, 3.63) is 79.7 Å². The number of hydrogen-bond donors (Lipinski definition) is 2. The zero-order valence-electron chi connectivity index (χ0n) is 20.1. The SMILES string of the molecule is CCOc1cc(/C=N/NC(=O)CNC(=O)c2ccc3c(c2)OCO3)cc(Br)c1OCc1ccc(Cl)cc1Cl. The van der Waals surface area contributed by atoms with Gasteiger partial charge in [0.15, 0.2) is 23.0 Å². The second kappa shape index (κ2) is 12.9. The van der Waals surface area contributed by atoms with Crippen LogP contribution < -0.4 is 29.7 Å². The third-order valence-electron chi connectivity index (χ3n) is 5.17. The molecule has 9 nitrogen and oxygen atoms in total. The van der Waals surface area contributed by atoms with E-state index in [4.69, 9.17) is 42.1 Å². The molecule has 12 heteroatoms. The topological polar surface area (TPSA) is 107 Å². The molecule has 198 valence electrons. The molecule has 0 saturated heterocycles. The molecule has 2 N–H and O–H groups in total. The molecule has 0 fully saturated rings. The summed E-state index contributed by atoms with van der Waals surface area (Å²) in [7, 11) is 0. The second-order valence-corrected chi connectivity index (χ2v) is 9.53. The number of carbonyl (C=O) groups is 2. The summed E-state index contributed by atoms with van der Waals surface area (Å²) in [6.45, 7) is 2.31. The number of nitrogens with one attached hydrogen (secondary N) is 2. The van der Waals surface area contributed by atoms with Gasteiger partial charge in [-0.25, -0.2) is 5.43 Å². The molecule has 0 spiro atoms. The lowest BCUT2D eigenvalue weighted by Crippen LogP contribution is -2.34. The van der Waals surface area contributed by atoms with Gasteiger partial charge in [0, 0.05) is 21.2 Å². The standard InChI is InChI=1S/C26H22BrCl2N3O6/c1-2-35-23-8-15(7-19(27)25(23)36-13-17-3-5-18(28)10-20(17)29)11-31-32-24(33)12-30-26(34)16-4-6-21-22(9-16)38-14-37-21/h3-11H,2,12-14H2,1H3,(H,30,34)(H,32,33)/b31-11+. The highest BCUT2D eigenvalue weighted by Crippen LogP contribution is 2.37. The molecule has 1 aliphatic heterocycles. The number of nitrogens with zero attached hydrogens (tertiary/aromatic N) is 1. The Hall–Kier alpha value is -3.47. The van der Waals surface area contributed by atoms with Crippen LogP contribution in [0.5, 0.6) is 23.0 Å². The van der Waals surface area contributed by atoms with E-state index >= 15 is 0 Å². The van der Waals surface area contributed by atoms with Crippen molar-refractivity contribution in [2.75, 3.05) is 19.9 Å². The molecule has 0 atom stereocenters. The lowest BCUT2D eigenvalue weighted by molar-refractivity contribution is -0.120. The molecule has 0 radical (unpaired) electrons. The zero-order chi connectivity index (χ0) is 27.1. The zero-order valence-corrected chi connectivity index (χ0v) is 23.2. The molecule has 0 aromatic heterocycles. The van der Waals surface area contributed by atoms with Crippen molar-refractivity contribution in [1.29, 1.82) is 0 Å². The van der Waals surface area contributed by atoms with Gasteiger partial charge < -0.3 is 24.3 Å². The van der Waals surface area contributed by atoms with Crippen molar-refractivity contribution in [2.45, 2.75) is 13.5 Å². The fourth-order valence-electron chi connectivity index (χ4n) is 3.37. The molecule has 0 unspecified atom stereocenters. The van der Waals surface area contributed by atoms with Gasteiger partial charge in [0.2, 0.25) is 6.79 Å². The maximum Gasteiger partial charge on any atom is 0.259 e. The minimum Gasteiger partial charge on any atom is -0.490 e. The maximum absolute atomic E-state index is 12.3. The van der Waals surface area contributed by atoms with Crippen molar-refractivity contribution in [1.82, 2.24) is 10.7 Å². The van der Waals surface area contributed by atoms with Crippen LogP contribution in [0.1, 0.15) is 28.4 Å². The van der Waals surface area contributed by atoms with Crippen molar-refractivity contribution >= 4 is 57.2 Å². The minimum absolute atomic E-state index is 0.109. The highest BCUT2D eigenvalue weighted by Gasteiger charge is 2.17. The second-order valence-electron chi connectivity index (χ2n) is 7.83. The van der Waals surface area contributed by atoms with Crippen molar-refractivity contribution in [3.63, 3.8) is 0 Å². The average Bonchev–Trinajstić information content (AvgIpc) is 3.36. The Morgan fingerprint density at radius 1 is 1.08 bits per heavy atom. The molecule has 4 rings (SSSR count). The fraction of sp³-hybridized carbons (Fsp3) is 0.192. The number of rotatable bonds is 10. The summed E-state index contributed by atoms with van der Waals surface area (Å²) in [6, 6.07) is 13.4. The number of benzene rings is 3. The number of fused-ring (bicyclic) bond motifs is 1. The predicted molar refractivity (Wildman–Crippen MR) is 147 cm³/mol. The van der Waals surface area contributed by atoms with E-state index in [0.717, 1.165) is 5.56 Å². The van der Waals surface area contributed by atoms with Crippen molar-refractivity contribution < 1.29 is 28.5 Å². The first-order valence-electron chi connectivity index (χ1n) is 11.4. The number of hydrazone groups is 1. The molecule has 0 saturated carbocycles. The Morgan fingerprint density at radius 3 is 2.68 bits per heavy atom. The summed E-state index contributed by atoms with van der Waals surface area (Å²) in [4.78, 5) is 24.5. The van der Waals surface area contributed by atoms with Gasteiger partial charge in [0.1, 0.15) is 6.61 Å². The number of carbonyl (C=O) groups excluding carboxylic acids is 2. The number of amides is 2. The molecular formula is C26H22BrCl2N3O6. The first-order valence-corrected chi connectivity index (χ1v) is 12.9. The summed E-state index contributed by atoms with van der Waals surface area (Å²) in [5, 5.41) is 7.54. The molecule has 3 aromatic rings. The molecule has 3 aromatic carbocycles. The first kappa shape index (κ1) is 27.6. The molecule has 1 heterocycles. The van der Waals surface area contributed by atoms with E-state index in [1.807, 2.05) is 6.92 Å². The largest absolute Gasteiger partial charge is 0.490 e. The first-order chi connectivity index (χ1) is 18.3. The Morgan fingerprint density at radius 2 is 1.89 bits per heavy atom. The Balaban J connectivity index is 1.33. The number of hydrogen-bond acceptors (Lipinski definition) is 7. The van der Waals surface area contributed by atoms with Gasteiger partial charge in [-0.15, -0.1) is 0 Å². The Kier molecular flexibility index (Phi) is 9.33. The number of ether oxygens (including phenoxy) is 4. The third-order valence-corrected chi connectivity index (χ3v) is 6.34. The monoisotopic (exact) mass is 621 g/mol. The highest BCUT2D eigenvalue weighted by molar-refractivity contribution is 9.10. The predicted octanol–water partition coefficient (Wildman–Crippen LogP) is 5.34. The smallest absolute Gasteiger partial charge is 0.259 e. The molecule has 0 aliphatic carbocycles. The lowest BCUT2D eigenvalue weighted by atomic mass is 10.2. The lowest BCUT2D eigenvalue weighted by Gasteiger charge is -2.15. The van der Waals surface area contributed by atoms with Crippen LogP contribution in [-0.2, 0) is 11.4 Å². The molecular weight excluding hydrogens is 601 g/mol. The van der Waals surface area contributed by atoms with E-state index in [-0.39, 0.29) is 19.9 Å². The van der Waals surface area contributed by atoms with Crippen LogP contribution in [-0.4, -0.2) is 38.0 Å². The molecule has 1 aliphatic rings. The van der Waals surface area contributed by atoms with Gasteiger partial charge in [-0.2, -0.15) is 5.10 Å². The fourth-order valence-corrected chi connectivity index (χ4v) is 4.41. The summed E-state index contributed by atoms with van der Waals surface area (Å²) < 4.78 is 22.8. The Labute approximate surface area is 237 Å². The van der Waals surface area contributed by atoms with Gasteiger partial charge in [0.25, 0.3) is 11.8 Å². The van der Waals surface area contributed by atoms with Crippen LogP contribution in [0.25, 0.3) is 0 Å². The van der Waals surface area contributed by atoms with E-state index in [9.17, 15) is 9.59 Å². The molecule has 38 heavy (non-hydrogen) atoms. The van der Waals surface area contributed by atoms with Crippen LogP contribution in [0.15, 0.2) is 58.1 Å². The van der Waals surface area contributed by atoms with E-state index in [1.165, 1.54) is 6.21 Å². The van der Waals surface area contributed by atoms with Crippen LogP contribution >= 0.6 is 39.1 Å². The van der Waals surface area contributed by atoms with Gasteiger partial charge in [-0.3, -0.25) is 9.59 Å².